The number of rotatable bonds is 5. The van der Waals surface area contributed by atoms with Gasteiger partial charge in [-0.3, -0.25) is 18.4 Å². The van der Waals surface area contributed by atoms with E-state index in [4.69, 9.17) is 9.26 Å². The van der Waals surface area contributed by atoms with Gasteiger partial charge in [-0.05, 0) is 6.92 Å². The highest BCUT2D eigenvalue weighted by Crippen LogP contribution is 2.47. The van der Waals surface area contributed by atoms with E-state index in [0.29, 0.717) is 11.5 Å². The quantitative estimate of drug-likeness (QED) is 0.618. The molecule has 12 heteroatoms. The number of aromatic nitrogens is 4. The Hall–Kier alpha value is -1.62. The van der Waals surface area contributed by atoms with Crippen LogP contribution in [0.15, 0.2) is 11.1 Å². The van der Waals surface area contributed by atoms with Crippen molar-refractivity contribution in [2.75, 3.05) is 13.7 Å². The molecule has 1 aliphatic rings. The predicted molar refractivity (Wildman–Crippen MR) is 80.2 cm³/mol. The van der Waals surface area contributed by atoms with Crippen LogP contribution in [0.5, 0.6) is 0 Å². The monoisotopic (exact) mass is 360 g/mol. The van der Waals surface area contributed by atoms with Crippen LogP contribution in [0.3, 0.4) is 0 Å². The zero-order chi connectivity index (χ0) is 17.5. The molecule has 3 heterocycles. The number of fused-ring (bicyclic) bond motifs is 1. The van der Waals surface area contributed by atoms with E-state index in [1.165, 1.54) is 10.9 Å². The Kier molecular flexibility index (Phi) is 4.56. The summed E-state index contributed by atoms with van der Waals surface area (Å²) in [5, 5.41) is 9.41. The molecule has 2 aromatic heterocycles. The Balaban J connectivity index is 1.91. The number of aliphatic hydroxyl groups is 1. The van der Waals surface area contributed by atoms with E-state index in [2.05, 4.69) is 19.5 Å². The van der Waals surface area contributed by atoms with Crippen molar-refractivity contribution >= 4 is 19.0 Å². The van der Waals surface area contributed by atoms with Gasteiger partial charge < -0.3 is 19.7 Å². The first-order valence-electron chi connectivity index (χ1n) is 7.11. The number of aliphatic hydroxyl groups excluding tert-OH is 1. The smallest absolute Gasteiger partial charge is 0.394 e. The molecule has 0 aromatic carbocycles. The largest absolute Gasteiger partial charge is 0.472 e. The maximum Gasteiger partial charge on any atom is 0.472 e. The maximum absolute atomic E-state index is 11.9. The van der Waals surface area contributed by atoms with E-state index in [0.717, 1.165) is 7.11 Å². The lowest BCUT2D eigenvalue weighted by atomic mass is 10.2. The molecule has 1 aliphatic heterocycles. The molecular formula is C12H17N4O7P. The zero-order valence-electron chi connectivity index (χ0n) is 12.9. The van der Waals surface area contributed by atoms with Crippen LogP contribution in [-0.4, -0.2) is 55.4 Å². The third kappa shape index (κ3) is 3.14. The van der Waals surface area contributed by atoms with E-state index in [1.807, 2.05) is 0 Å². The SMILES string of the molecule is COP(=O)(O)OC1CC(n2cnc3c(=O)[nH]c(C)nc32)OC1CO. The number of phosphoric ester groups is 1. The number of hydrogen-bond acceptors (Lipinski definition) is 8. The fourth-order valence-corrected chi connectivity index (χ4v) is 3.26. The summed E-state index contributed by atoms with van der Waals surface area (Å²) >= 11 is 0. The molecule has 0 bridgehead atoms. The molecule has 1 fully saturated rings. The second kappa shape index (κ2) is 6.36. The van der Waals surface area contributed by atoms with Crippen LogP contribution >= 0.6 is 7.82 Å². The highest BCUT2D eigenvalue weighted by molar-refractivity contribution is 7.47. The highest BCUT2D eigenvalue weighted by Gasteiger charge is 2.41. The molecule has 0 saturated carbocycles. The molecule has 3 N–H and O–H groups in total. The molecule has 0 spiro atoms. The maximum atomic E-state index is 11.9. The summed E-state index contributed by atoms with van der Waals surface area (Å²) in [6.07, 6.45) is -0.814. The van der Waals surface area contributed by atoms with Gasteiger partial charge in [0.25, 0.3) is 5.56 Å². The zero-order valence-corrected chi connectivity index (χ0v) is 13.8. The summed E-state index contributed by atoms with van der Waals surface area (Å²) in [7, 11) is -3.18. The lowest BCUT2D eigenvalue weighted by Crippen LogP contribution is -2.27. The van der Waals surface area contributed by atoms with Gasteiger partial charge in [0.15, 0.2) is 11.2 Å². The van der Waals surface area contributed by atoms with Gasteiger partial charge in [-0.1, -0.05) is 0 Å². The minimum Gasteiger partial charge on any atom is -0.394 e. The van der Waals surface area contributed by atoms with Gasteiger partial charge in [-0.2, -0.15) is 0 Å². The van der Waals surface area contributed by atoms with Gasteiger partial charge >= 0.3 is 7.82 Å². The highest BCUT2D eigenvalue weighted by atomic mass is 31.2. The molecule has 2 aromatic rings. The van der Waals surface area contributed by atoms with Crippen LogP contribution < -0.4 is 5.56 Å². The molecule has 0 aliphatic carbocycles. The van der Waals surface area contributed by atoms with Crippen molar-refractivity contribution in [2.45, 2.75) is 31.8 Å². The summed E-state index contributed by atoms with van der Waals surface area (Å²) in [6, 6.07) is 0. The van der Waals surface area contributed by atoms with Crippen molar-refractivity contribution in [2.24, 2.45) is 0 Å². The molecule has 4 atom stereocenters. The molecule has 1 saturated heterocycles. The number of nitrogens with one attached hydrogen (secondary N) is 1. The van der Waals surface area contributed by atoms with E-state index < -0.39 is 32.9 Å². The van der Waals surface area contributed by atoms with Crippen LogP contribution in [0.4, 0.5) is 0 Å². The average Bonchev–Trinajstić information content (AvgIpc) is 3.10. The first-order chi connectivity index (χ1) is 11.3. The molecule has 11 nitrogen and oxygen atoms in total. The molecule has 0 radical (unpaired) electrons. The van der Waals surface area contributed by atoms with Crippen LogP contribution in [0.25, 0.3) is 11.2 Å². The van der Waals surface area contributed by atoms with Crippen LogP contribution in [0, 0.1) is 6.92 Å². The molecule has 24 heavy (non-hydrogen) atoms. The van der Waals surface area contributed by atoms with Gasteiger partial charge in [0.05, 0.1) is 12.9 Å². The number of nitrogens with zero attached hydrogens (tertiary/aromatic N) is 3. The van der Waals surface area contributed by atoms with Crippen LogP contribution in [-0.2, 0) is 18.3 Å². The summed E-state index contributed by atoms with van der Waals surface area (Å²) in [4.78, 5) is 32.1. The van der Waals surface area contributed by atoms with Gasteiger partial charge in [0.2, 0.25) is 0 Å². The number of hydrogen-bond donors (Lipinski definition) is 3. The number of imidazole rings is 1. The van der Waals surface area contributed by atoms with Gasteiger partial charge in [-0.15, -0.1) is 0 Å². The lowest BCUT2D eigenvalue weighted by Gasteiger charge is -2.18. The first kappa shape index (κ1) is 17.2. The topological polar surface area (TPSA) is 149 Å². The van der Waals surface area contributed by atoms with E-state index >= 15 is 0 Å². The number of ether oxygens (including phenoxy) is 1. The minimum absolute atomic E-state index is 0.151. The Labute approximate surface area is 135 Å². The van der Waals surface area contributed by atoms with Crippen LogP contribution in [0.2, 0.25) is 0 Å². The Morgan fingerprint density at radius 3 is 3.00 bits per heavy atom. The fraction of sp³-hybridized carbons (Fsp3) is 0.583. The third-order valence-corrected chi connectivity index (χ3v) is 4.72. The standard InChI is InChI=1S/C12H17N4O7P/c1-6-14-11-10(12(18)15-6)13-5-16(11)9-3-7(8(4-17)22-9)23-24(19,20)21-2/h5,7-9,17H,3-4H2,1-2H3,(H,19,20)(H,14,15,18). The lowest BCUT2D eigenvalue weighted by molar-refractivity contribution is -0.0431. The fourth-order valence-electron chi connectivity index (χ4n) is 2.61. The number of phosphoric acid groups is 1. The molecule has 4 unspecified atom stereocenters. The normalized spacial score (nSPS) is 26.8. The minimum atomic E-state index is -4.23. The van der Waals surface area contributed by atoms with E-state index in [9.17, 15) is 19.4 Å². The first-order valence-corrected chi connectivity index (χ1v) is 8.61. The number of H-pyrrole nitrogens is 1. The van der Waals surface area contributed by atoms with Gasteiger partial charge in [-0.25, -0.2) is 14.5 Å². The molecule has 3 rings (SSSR count). The Morgan fingerprint density at radius 2 is 2.33 bits per heavy atom. The summed E-state index contributed by atoms with van der Waals surface area (Å²) in [6.45, 7) is 1.22. The Morgan fingerprint density at radius 1 is 1.58 bits per heavy atom. The average molecular weight is 360 g/mol. The number of aryl methyl sites for hydroxylation is 1. The van der Waals surface area contributed by atoms with Crippen molar-refractivity contribution in [1.82, 2.24) is 19.5 Å². The second-order valence-corrected chi connectivity index (χ2v) is 6.83. The van der Waals surface area contributed by atoms with Crippen molar-refractivity contribution < 1.29 is 28.3 Å². The molecule has 0 amide bonds. The van der Waals surface area contributed by atoms with Crippen molar-refractivity contribution in [1.29, 1.82) is 0 Å². The number of aromatic amines is 1. The summed E-state index contributed by atoms with van der Waals surface area (Å²) in [5.74, 6) is 0.415. The summed E-state index contributed by atoms with van der Waals surface area (Å²) < 4.78 is 28.2. The van der Waals surface area contributed by atoms with Crippen molar-refractivity contribution in [3.05, 3.63) is 22.5 Å². The summed E-state index contributed by atoms with van der Waals surface area (Å²) in [5.41, 5.74) is 0.0938. The van der Waals surface area contributed by atoms with E-state index in [-0.39, 0.29) is 17.5 Å². The van der Waals surface area contributed by atoms with E-state index in [1.54, 1.807) is 6.92 Å². The predicted octanol–water partition coefficient (Wildman–Crippen LogP) is -0.160. The van der Waals surface area contributed by atoms with Crippen LogP contribution in [0.1, 0.15) is 18.5 Å². The van der Waals surface area contributed by atoms with Crippen molar-refractivity contribution in [3.8, 4) is 0 Å². The van der Waals surface area contributed by atoms with Gasteiger partial charge in [0.1, 0.15) is 24.3 Å². The van der Waals surface area contributed by atoms with Gasteiger partial charge in [0, 0.05) is 13.5 Å². The second-order valence-electron chi connectivity index (χ2n) is 5.32. The third-order valence-electron chi connectivity index (χ3n) is 3.72. The Bertz CT molecular complexity index is 850. The molecule has 132 valence electrons. The molecular weight excluding hydrogens is 343 g/mol. The van der Waals surface area contributed by atoms with Crippen molar-refractivity contribution in [3.63, 3.8) is 0 Å².